The maximum Gasteiger partial charge on any atom is 0.262 e. The zero-order valence-corrected chi connectivity index (χ0v) is 14.8. The zero-order valence-electron chi connectivity index (χ0n) is 13.9. The molecule has 1 amide bonds. The first-order valence-corrected chi connectivity index (χ1v) is 8.94. The predicted molar refractivity (Wildman–Crippen MR) is 95.7 cm³/mol. The second-order valence-corrected chi connectivity index (χ2v) is 7.29. The highest BCUT2D eigenvalue weighted by atomic mass is 32.1. The molecule has 5 heteroatoms. The Morgan fingerprint density at radius 1 is 1.25 bits per heavy atom. The fraction of sp³-hybridized carbons (Fsp3) is 0.368. The topological polar surface area (TPSA) is 62.1 Å². The number of rotatable bonds is 4. The SMILES string of the molecule is Cc1cc(C)cc(OCC(=O)Nc2sc3c(c2C#N)CCCC3)c1. The molecule has 1 aromatic carbocycles. The normalized spacial score (nSPS) is 13.0. The molecule has 0 unspecified atom stereocenters. The number of carbonyl (C=O) groups excluding carboxylic acids is 1. The highest BCUT2D eigenvalue weighted by Crippen LogP contribution is 2.37. The van der Waals surface area contributed by atoms with E-state index in [-0.39, 0.29) is 12.5 Å². The summed E-state index contributed by atoms with van der Waals surface area (Å²) in [5.41, 5.74) is 3.96. The number of ether oxygens (including phenoxy) is 1. The predicted octanol–water partition coefficient (Wildman–Crippen LogP) is 4.13. The molecule has 1 aliphatic carbocycles. The van der Waals surface area contributed by atoms with E-state index in [1.165, 1.54) is 16.2 Å². The van der Waals surface area contributed by atoms with Crippen molar-refractivity contribution in [3.63, 3.8) is 0 Å². The van der Waals surface area contributed by atoms with Crippen LogP contribution in [-0.4, -0.2) is 12.5 Å². The number of amides is 1. The molecule has 0 fully saturated rings. The van der Waals surface area contributed by atoms with E-state index in [4.69, 9.17) is 4.74 Å². The van der Waals surface area contributed by atoms with Gasteiger partial charge in [0.25, 0.3) is 5.91 Å². The van der Waals surface area contributed by atoms with Gasteiger partial charge < -0.3 is 10.1 Å². The van der Waals surface area contributed by atoms with Gasteiger partial charge in [0.15, 0.2) is 6.61 Å². The molecular weight excluding hydrogens is 320 g/mol. The van der Waals surface area contributed by atoms with Gasteiger partial charge in [0.05, 0.1) is 5.56 Å². The van der Waals surface area contributed by atoms with Crippen molar-refractivity contribution < 1.29 is 9.53 Å². The van der Waals surface area contributed by atoms with Crippen molar-refractivity contribution in [2.24, 2.45) is 0 Å². The highest BCUT2D eigenvalue weighted by molar-refractivity contribution is 7.16. The number of nitrogens with one attached hydrogen (secondary N) is 1. The van der Waals surface area contributed by atoms with E-state index in [1.54, 1.807) is 0 Å². The Balaban J connectivity index is 1.67. The molecule has 3 rings (SSSR count). The average molecular weight is 340 g/mol. The van der Waals surface area contributed by atoms with Crippen molar-refractivity contribution in [2.75, 3.05) is 11.9 Å². The molecule has 0 aliphatic heterocycles. The Labute approximate surface area is 146 Å². The number of anilines is 1. The lowest BCUT2D eigenvalue weighted by Gasteiger charge is -2.09. The van der Waals surface area contributed by atoms with Crippen LogP contribution >= 0.6 is 11.3 Å². The summed E-state index contributed by atoms with van der Waals surface area (Å²) in [6, 6.07) is 8.13. The Bertz CT molecular complexity index is 797. The molecule has 0 spiro atoms. The van der Waals surface area contributed by atoms with Gasteiger partial charge in [0.2, 0.25) is 0 Å². The molecule has 1 aliphatic rings. The van der Waals surface area contributed by atoms with E-state index < -0.39 is 0 Å². The van der Waals surface area contributed by atoms with Crippen LogP contribution in [-0.2, 0) is 17.6 Å². The van der Waals surface area contributed by atoms with Crippen LogP contribution in [0.1, 0.15) is 40.0 Å². The lowest BCUT2D eigenvalue weighted by atomic mass is 9.96. The summed E-state index contributed by atoms with van der Waals surface area (Å²) in [5.74, 6) is 0.456. The van der Waals surface area contributed by atoms with Crippen LogP contribution in [0.5, 0.6) is 5.75 Å². The Morgan fingerprint density at radius 3 is 2.67 bits per heavy atom. The second kappa shape index (κ2) is 7.06. The Hall–Kier alpha value is -2.32. The molecule has 0 saturated carbocycles. The molecule has 0 saturated heterocycles. The molecule has 0 bridgehead atoms. The summed E-state index contributed by atoms with van der Waals surface area (Å²) in [4.78, 5) is 13.4. The standard InChI is InChI=1S/C19H20N2O2S/c1-12-7-13(2)9-14(8-12)23-11-18(22)21-19-16(10-20)15-5-3-4-6-17(15)24-19/h7-9H,3-6,11H2,1-2H3,(H,21,22). The minimum Gasteiger partial charge on any atom is -0.484 e. The van der Waals surface area contributed by atoms with Crippen LogP contribution in [0.25, 0.3) is 0 Å². The molecule has 0 atom stereocenters. The first kappa shape index (κ1) is 16.5. The molecule has 124 valence electrons. The van der Waals surface area contributed by atoms with Gasteiger partial charge in [0, 0.05) is 4.88 Å². The molecule has 24 heavy (non-hydrogen) atoms. The zero-order chi connectivity index (χ0) is 17.1. The monoisotopic (exact) mass is 340 g/mol. The van der Waals surface area contributed by atoms with Crippen molar-refractivity contribution >= 4 is 22.2 Å². The van der Waals surface area contributed by atoms with Crippen molar-refractivity contribution in [1.29, 1.82) is 5.26 Å². The molecule has 1 aromatic heterocycles. The molecular formula is C19H20N2O2S. The van der Waals surface area contributed by atoms with E-state index in [0.717, 1.165) is 42.4 Å². The fourth-order valence-electron chi connectivity index (χ4n) is 3.10. The quantitative estimate of drug-likeness (QED) is 0.910. The lowest BCUT2D eigenvalue weighted by molar-refractivity contribution is -0.118. The van der Waals surface area contributed by atoms with Crippen LogP contribution in [0.4, 0.5) is 5.00 Å². The summed E-state index contributed by atoms with van der Waals surface area (Å²) in [6.45, 7) is 3.93. The number of fused-ring (bicyclic) bond motifs is 1. The Morgan fingerprint density at radius 2 is 1.96 bits per heavy atom. The van der Waals surface area contributed by atoms with Crippen LogP contribution in [0, 0.1) is 25.2 Å². The van der Waals surface area contributed by atoms with Crippen LogP contribution in [0.15, 0.2) is 18.2 Å². The first-order chi connectivity index (χ1) is 11.6. The molecule has 1 heterocycles. The van der Waals surface area contributed by atoms with Crippen LogP contribution < -0.4 is 10.1 Å². The van der Waals surface area contributed by atoms with Crippen LogP contribution in [0.2, 0.25) is 0 Å². The van der Waals surface area contributed by atoms with Gasteiger partial charge in [0.1, 0.15) is 16.8 Å². The summed E-state index contributed by atoms with van der Waals surface area (Å²) >= 11 is 1.53. The summed E-state index contributed by atoms with van der Waals surface area (Å²) in [5, 5.41) is 12.9. The summed E-state index contributed by atoms with van der Waals surface area (Å²) in [7, 11) is 0. The number of hydrogen-bond donors (Lipinski definition) is 1. The van der Waals surface area contributed by atoms with Gasteiger partial charge in [-0.1, -0.05) is 6.07 Å². The Kier molecular flexibility index (Phi) is 4.86. The minimum atomic E-state index is -0.232. The number of carbonyl (C=O) groups is 1. The van der Waals surface area contributed by atoms with Crippen LogP contribution in [0.3, 0.4) is 0 Å². The van der Waals surface area contributed by atoms with E-state index in [1.807, 2.05) is 26.0 Å². The smallest absolute Gasteiger partial charge is 0.262 e. The number of thiophene rings is 1. The van der Waals surface area contributed by atoms with Gasteiger partial charge in [-0.25, -0.2) is 0 Å². The van der Waals surface area contributed by atoms with Crippen molar-refractivity contribution in [1.82, 2.24) is 0 Å². The lowest BCUT2D eigenvalue weighted by Crippen LogP contribution is -2.20. The van der Waals surface area contributed by atoms with Crippen molar-refractivity contribution in [3.8, 4) is 11.8 Å². The molecule has 4 nitrogen and oxygen atoms in total. The van der Waals surface area contributed by atoms with E-state index in [2.05, 4.69) is 17.5 Å². The van der Waals surface area contributed by atoms with E-state index in [0.29, 0.717) is 16.3 Å². The third kappa shape index (κ3) is 3.60. The van der Waals surface area contributed by atoms with Gasteiger partial charge in [-0.15, -0.1) is 11.3 Å². The van der Waals surface area contributed by atoms with Gasteiger partial charge in [-0.3, -0.25) is 4.79 Å². The third-order valence-corrected chi connectivity index (χ3v) is 5.31. The van der Waals surface area contributed by atoms with E-state index in [9.17, 15) is 10.1 Å². The minimum absolute atomic E-state index is 0.0592. The number of benzene rings is 1. The summed E-state index contributed by atoms with van der Waals surface area (Å²) < 4.78 is 5.59. The van der Waals surface area contributed by atoms with Crippen molar-refractivity contribution in [3.05, 3.63) is 45.3 Å². The molecule has 0 radical (unpaired) electrons. The van der Waals surface area contributed by atoms with Gasteiger partial charge in [-0.2, -0.15) is 5.26 Å². The van der Waals surface area contributed by atoms with Gasteiger partial charge in [-0.05, 0) is 68.4 Å². The number of nitrogens with zero attached hydrogens (tertiary/aromatic N) is 1. The van der Waals surface area contributed by atoms with E-state index >= 15 is 0 Å². The highest BCUT2D eigenvalue weighted by Gasteiger charge is 2.21. The maximum atomic E-state index is 12.2. The van der Waals surface area contributed by atoms with Gasteiger partial charge >= 0.3 is 0 Å². The third-order valence-electron chi connectivity index (χ3n) is 4.10. The molecule has 2 aromatic rings. The second-order valence-electron chi connectivity index (χ2n) is 6.19. The largest absolute Gasteiger partial charge is 0.484 e. The first-order valence-electron chi connectivity index (χ1n) is 8.12. The summed E-state index contributed by atoms with van der Waals surface area (Å²) in [6.07, 6.45) is 4.20. The van der Waals surface area contributed by atoms with Crippen molar-refractivity contribution in [2.45, 2.75) is 39.5 Å². The number of hydrogen-bond acceptors (Lipinski definition) is 4. The maximum absolute atomic E-state index is 12.2. The fourth-order valence-corrected chi connectivity index (χ4v) is 4.36. The average Bonchev–Trinajstić information content (AvgIpc) is 2.89. The number of aryl methyl sites for hydroxylation is 3. The molecule has 1 N–H and O–H groups in total. The number of nitriles is 1.